The van der Waals surface area contributed by atoms with Gasteiger partial charge in [-0.2, -0.15) is 0 Å². The minimum atomic E-state index is 0.759. The normalized spacial score (nSPS) is 19.9. The Labute approximate surface area is 157 Å². The Morgan fingerprint density at radius 1 is 0.840 bits per heavy atom. The van der Waals surface area contributed by atoms with Crippen molar-refractivity contribution in [2.75, 3.05) is 6.26 Å². The van der Waals surface area contributed by atoms with Crippen LogP contribution in [-0.4, -0.2) is 6.26 Å². The number of hydrogen-bond acceptors (Lipinski definition) is 1. The molecule has 0 bridgehead atoms. The smallest absolute Gasteiger partial charge is 0.0249 e. The Bertz CT molecular complexity index is 707. The van der Waals surface area contributed by atoms with Gasteiger partial charge in [-0.25, -0.2) is 0 Å². The van der Waals surface area contributed by atoms with E-state index in [1.165, 1.54) is 49.0 Å². The highest BCUT2D eigenvalue weighted by atomic mass is 32.2. The van der Waals surface area contributed by atoms with E-state index in [0.29, 0.717) is 0 Å². The summed E-state index contributed by atoms with van der Waals surface area (Å²) in [5.41, 5.74) is 3.69. The molecule has 0 nitrogen and oxygen atoms in total. The third kappa shape index (κ3) is 5.16. The summed E-state index contributed by atoms with van der Waals surface area (Å²) in [5.74, 6) is 8.30. The molecule has 0 aliphatic heterocycles. The predicted molar refractivity (Wildman–Crippen MR) is 110 cm³/mol. The maximum absolute atomic E-state index is 3.30. The van der Waals surface area contributed by atoms with Crippen molar-refractivity contribution in [2.45, 2.75) is 56.3 Å². The molecule has 3 rings (SSSR count). The molecule has 0 radical (unpaired) electrons. The molecule has 0 N–H and O–H groups in total. The largest absolute Gasteiger partial charge is 0.130 e. The predicted octanol–water partition coefficient (Wildman–Crippen LogP) is 6.88. The molecule has 0 heterocycles. The number of rotatable bonds is 4. The van der Waals surface area contributed by atoms with Gasteiger partial charge in [-0.3, -0.25) is 0 Å². The van der Waals surface area contributed by atoms with Crippen molar-refractivity contribution >= 4 is 11.8 Å². The van der Waals surface area contributed by atoms with E-state index in [-0.39, 0.29) is 0 Å². The van der Waals surface area contributed by atoms with Gasteiger partial charge in [0.2, 0.25) is 0 Å². The lowest BCUT2D eigenvalue weighted by molar-refractivity contribution is 0.308. The number of thioether (sulfide) groups is 1. The lowest BCUT2D eigenvalue weighted by Gasteiger charge is -2.28. The summed E-state index contributed by atoms with van der Waals surface area (Å²) in [7, 11) is 0. The number of hydrogen-bond donors (Lipinski definition) is 0. The van der Waals surface area contributed by atoms with Crippen LogP contribution in [0.4, 0.5) is 0 Å². The van der Waals surface area contributed by atoms with E-state index in [1.54, 1.807) is 11.8 Å². The second kappa shape index (κ2) is 9.16. The second-order valence-corrected chi connectivity index (χ2v) is 7.99. The summed E-state index contributed by atoms with van der Waals surface area (Å²) in [6, 6.07) is 17.4. The fraction of sp³-hybridized carbons (Fsp3) is 0.417. The highest BCUT2D eigenvalue weighted by molar-refractivity contribution is 7.98. The molecule has 1 aliphatic carbocycles. The summed E-state index contributed by atoms with van der Waals surface area (Å²) in [5, 5.41) is 0. The average molecular weight is 349 g/mol. The zero-order chi connectivity index (χ0) is 17.5. The molecule has 0 saturated heterocycles. The molecule has 1 aliphatic rings. The van der Waals surface area contributed by atoms with Gasteiger partial charge < -0.3 is 0 Å². The molecule has 1 saturated carbocycles. The van der Waals surface area contributed by atoms with E-state index < -0.39 is 0 Å². The van der Waals surface area contributed by atoms with Gasteiger partial charge in [0.1, 0.15) is 0 Å². The maximum Gasteiger partial charge on any atom is 0.0249 e. The van der Waals surface area contributed by atoms with Gasteiger partial charge >= 0.3 is 0 Å². The first-order valence-corrected chi connectivity index (χ1v) is 10.8. The summed E-state index contributed by atoms with van der Waals surface area (Å²) in [4.78, 5) is 1.28. The van der Waals surface area contributed by atoms with E-state index in [2.05, 4.69) is 73.6 Å². The molecule has 1 heteroatoms. The summed E-state index contributed by atoms with van der Waals surface area (Å²) in [6.45, 7) is 2.31. The van der Waals surface area contributed by atoms with Crippen LogP contribution in [0, 0.1) is 17.8 Å². The molecule has 0 spiro atoms. The van der Waals surface area contributed by atoms with Crippen molar-refractivity contribution in [3.05, 3.63) is 65.2 Å². The fourth-order valence-corrected chi connectivity index (χ4v) is 4.26. The third-order valence-corrected chi connectivity index (χ3v) is 6.11. The Hall–Kier alpha value is -1.65. The molecule has 0 atom stereocenters. The molecule has 0 unspecified atom stereocenters. The Morgan fingerprint density at radius 3 is 1.92 bits per heavy atom. The minimum Gasteiger partial charge on any atom is -0.130 e. The van der Waals surface area contributed by atoms with Gasteiger partial charge in [0, 0.05) is 16.0 Å². The third-order valence-electron chi connectivity index (χ3n) is 5.37. The molecule has 0 aromatic heterocycles. The molecular weight excluding hydrogens is 320 g/mol. The van der Waals surface area contributed by atoms with Gasteiger partial charge in [0.15, 0.2) is 0 Å². The van der Waals surface area contributed by atoms with Gasteiger partial charge in [-0.1, -0.05) is 43.7 Å². The van der Waals surface area contributed by atoms with Crippen LogP contribution in [0.2, 0.25) is 0 Å². The summed E-state index contributed by atoms with van der Waals surface area (Å²) in [6.07, 6.45) is 10.4. The standard InChI is InChI=1S/C24H28S/c1-3-4-19-7-13-22(14-8-19)23-15-9-20(10-16-23)5-6-21-11-17-24(25-2)18-12-21/h9-12,15-19,22H,3-4,7-8,13-14H2,1-2H3. The molecule has 130 valence electrons. The van der Waals surface area contributed by atoms with Crippen molar-refractivity contribution in [3.8, 4) is 11.8 Å². The van der Waals surface area contributed by atoms with Crippen LogP contribution in [0.15, 0.2) is 53.4 Å². The summed E-state index contributed by atoms with van der Waals surface area (Å²) < 4.78 is 0. The minimum absolute atomic E-state index is 0.759. The van der Waals surface area contributed by atoms with Gasteiger partial charge in [-0.05, 0) is 85.7 Å². The Kier molecular flexibility index (Phi) is 6.65. The van der Waals surface area contributed by atoms with Crippen LogP contribution in [0.3, 0.4) is 0 Å². The molecule has 25 heavy (non-hydrogen) atoms. The van der Waals surface area contributed by atoms with Crippen LogP contribution in [0.1, 0.15) is 68.1 Å². The van der Waals surface area contributed by atoms with E-state index in [4.69, 9.17) is 0 Å². The monoisotopic (exact) mass is 348 g/mol. The van der Waals surface area contributed by atoms with E-state index >= 15 is 0 Å². The van der Waals surface area contributed by atoms with Crippen molar-refractivity contribution in [1.82, 2.24) is 0 Å². The van der Waals surface area contributed by atoms with Gasteiger partial charge in [0.25, 0.3) is 0 Å². The second-order valence-electron chi connectivity index (χ2n) is 7.11. The first-order valence-electron chi connectivity index (χ1n) is 9.54. The van der Waals surface area contributed by atoms with Crippen LogP contribution >= 0.6 is 11.8 Å². The first kappa shape index (κ1) is 18.2. The van der Waals surface area contributed by atoms with Crippen LogP contribution in [0.5, 0.6) is 0 Å². The SMILES string of the molecule is CCCC1CCC(c2ccc(C#Cc3ccc(SC)cc3)cc2)CC1. The highest BCUT2D eigenvalue weighted by Gasteiger charge is 2.21. The topological polar surface area (TPSA) is 0 Å². The first-order chi connectivity index (χ1) is 12.3. The van der Waals surface area contributed by atoms with Crippen molar-refractivity contribution in [3.63, 3.8) is 0 Å². The molecule has 2 aromatic rings. The average Bonchev–Trinajstić information content (AvgIpc) is 2.68. The molecular formula is C24H28S. The fourth-order valence-electron chi connectivity index (χ4n) is 3.85. The van der Waals surface area contributed by atoms with Crippen molar-refractivity contribution < 1.29 is 0 Å². The van der Waals surface area contributed by atoms with Crippen LogP contribution in [-0.2, 0) is 0 Å². The number of benzene rings is 2. The molecule has 1 fully saturated rings. The van der Waals surface area contributed by atoms with E-state index in [1.807, 2.05) is 0 Å². The zero-order valence-electron chi connectivity index (χ0n) is 15.4. The van der Waals surface area contributed by atoms with Crippen molar-refractivity contribution in [2.24, 2.45) is 5.92 Å². The summed E-state index contributed by atoms with van der Waals surface area (Å²) >= 11 is 1.76. The van der Waals surface area contributed by atoms with Gasteiger partial charge in [0.05, 0.1) is 0 Å². The van der Waals surface area contributed by atoms with E-state index in [0.717, 1.165) is 23.0 Å². The Morgan fingerprint density at radius 2 is 1.40 bits per heavy atom. The lowest BCUT2D eigenvalue weighted by Crippen LogP contribution is -2.13. The highest BCUT2D eigenvalue weighted by Crippen LogP contribution is 2.37. The lowest BCUT2D eigenvalue weighted by atomic mass is 9.77. The maximum atomic E-state index is 3.30. The van der Waals surface area contributed by atoms with Crippen LogP contribution < -0.4 is 0 Å². The molecule has 2 aromatic carbocycles. The van der Waals surface area contributed by atoms with Crippen molar-refractivity contribution in [1.29, 1.82) is 0 Å². The van der Waals surface area contributed by atoms with Gasteiger partial charge in [-0.15, -0.1) is 11.8 Å². The van der Waals surface area contributed by atoms with E-state index in [9.17, 15) is 0 Å². The van der Waals surface area contributed by atoms with Crippen LogP contribution in [0.25, 0.3) is 0 Å². The Balaban J connectivity index is 1.60. The molecule has 0 amide bonds. The zero-order valence-corrected chi connectivity index (χ0v) is 16.2. The quantitative estimate of drug-likeness (QED) is 0.428.